The van der Waals surface area contributed by atoms with Gasteiger partial charge in [0.15, 0.2) is 0 Å². The zero-order valence-corrected chi connectivity index (χ0v) is 10.1. The van der Waals surface area contributed by atoms with Gasteiger partial charge in [0.05, 0.1) is 0 Å². The Hall–Kier alpha value is -0.0400. The molecule has 0 aliphatic rings. The van der Waals surface area contributed by atoms with Crippen LogP contribution in [0.15, 0.2) is 0 Å². The lowest BCUT2D eigenvalue weighted by atomic mass is 9.97. The fourth-order valence-corrected chi connectivity index (χ4v) is 1.67. The summed E-state index contributed by atoms with van der Waals surface area (Å²) in [4.78, 5) is 2.38. The van der Waals surface area contributed by atoms with Gasteiger partial charge in [0.25, 0.3) is 0 Å². The van der Waals surface area contributed by atoms with E-state index >= 15 is 0 Å². The first-order valence-corrected chi connectivity index (χ1v) is 5.78. The highest BCUT2D eigenvalue weighted by Gasteiger charge is 2.11. The predicted molar refractivity (Wildman–Crippen MR) is 61.1 cm³/mol. The molecule has 2 atom stereocenters. The molecule has 0 bridgehead atoms. The Balaban J connectivity index is 3.68. The molecule has 0 fully saturated rings. The summed E-state index contributed by atoms with van der Waals surface area (Å²) in [5.41, 5.74) is 0. The molecule has 0 saturated carbocycles. The first kappa shape index (κ1) is 13.0. The van der Waals surface area contributed by atoms with Gasteiger partial charge in [-0.2, -0.15) is 0 Å². The first-order chi connectivity index (χ1) is 6.11. The molecule has 0 aromatic carbocycles. The lowest BCUT2D eigenvalue weighted by molar-refractivity contribution is 0.246. The van der Waals surface area contributed by atoms with Crippen LogP contribution in [-0.4, -0.2) is 25.0 Å². The summed E-state index contributed by atoms with van der Waals surface area (Å²) in [7, 11) is 4.41. The van der Waals surface area contributed by atoms with Crippen molar-refractivity contribution >= 4 is 0 Å². The van der Waals surface area contributed by atoms with Crippen molar-refractivity contribution in [1.29, 1.82) is 0 Å². The first-order valence-electron chi connectivity index (χ1n) is 5.78. The Morgan fingerprint density at radius 3 is 2.00 bits per heavy atom. The molecule has 0 aromatic heterocycles. The summed E-state index contributed by atoms with van der Waals surface area (Å²) in [6.45, 7) is 6.92. The fourth-order valence-electron chi connectivity index (χ4n) is 1.67. The second-order valence-electron chi connectivity index (χ2n) is 4.50. The molecule has 0 amide bonds. The van der Waals surface area contributed by atoms with Crippen molar-refractivity contribution in [2.24, 2.45) is 5.92 Å². The van der Waals surface area contributed by atoms with Gasteiger partial charge >= 0.3 is 0 Å². The summed E-state index contributed by atoms with van der Waals surface area (Å²) in [5, 5.41) is 0. The lowest BCUT2D eigenvalue weighted by Crippen LogP contribution is -2.28. The second-order valence-corrected chi connectivity index (χ2v) is 4.50. The lowest BCUT2D eigenvalue weighted by Gasteiger charge is -2.24. The molecule has 0 rings (SSSR count). The van der Waals surface area contributed by atoms with Crippen molar-refractivity contribution in [3.8, 4) is 0 Å². The predicted octanol–water partition coefficient (Wildman–Crippen LogP) is 3.54. The van der Waals surface area contributed by atoms with Crippen molar-refractivity contribution in [3.05, 3.63) is 0 Å². The van der Waals surface area contributed by atoms with E-state index in [2.05, 4.69) is 39.8 Å². The molecule has 0 aliphatic heterocycles. The Morgan fingerprint density at radius 1 is 1.00 bits per heavy atom. The summed E-state index contributed by atoms with van der Waals surface area (Å²) in [5.74, 6) is 0.902. The van der Waals surface area contributed by atoms with Gasteiger partial charge in [-0.05, 0) is 39.3 Å². The summed E-state index contributed by atoms with van der Waals surface area (Å²) >= 11 is 0. The third kappa shape index (κ3) is 6.09. The van der Waals surface area contributed by atoms with E-state index in [4.69, 9.17) is 0 Å². The number of rotatable bonds is 7. The third-order valence-corrected chi connectivity index (χ3v) is 3.04. The quantitative estimate of drug-likeness (QED) is 0.586. The van der Waals surface area contributed by atoms with Gasteiger partial charge < -0.3 is 4.90 Å². The molecule has 0 spiro atoms. The van der Waals surface area contributed by atoms with E-state index in [-0.39, 0.29) is 0 Å². The van der Waals surface area contributed by atoms with Gasteiger partial charge in [0.2, 0.25) is 0 Å². The molecule has 80 valence electrons. The van der Waals surface area contributed by atoms with Crippen LogP contribution in [0.3, 0.4) is 0 Å². The maximum Gasteiger partial charge on any atom is 0.00891 e. The third-order valence-electron chi connectivity index (χ3n) is 3.04. The minimum Gasteiger partial charge on any atom is -0.306 e. The minimum absolute atomic E-state index is 0.805. The van der Waals surface area contributed by atoms with E-state index in [0.29, 0.717) is 0 Å². The Labute approximate surface area is 84.5 Å². The van der Waals surface area contributed by atoms with Crippen LogP contribution in [0.5, 0.6) is 0 Å². The molecule has 0 heterocycles. The molecule has 0 saturated heterocycles. The van der Waals surface area contributed by atoms with Crippen molar-refractivity contribution in [2.75, 3.05) is 14.1 Å². The normalized spacial score (nSPS) is 16.2. The topological polar surface area (TPSA) is 3.24 Å². The maximum atomic E-state index is 2.38. The highest BCUT2D eigenvalue weighted by atomic mass is 15.1. The Kier molecular flexibility index (Phi) is 7.35. The van der Waals surface area contributed by atoms with Gasteiger partial charge in [0, 0.05) is 6.04 Å². The molecule has 2 unspecified atom stereocenters. The van der Waals surface area contributed by atoms with E-state index in [1.807, 2.05) is 0 Å². The van der Waals surface area contributed by atoms with Gasteiger partial charge in [0.1, 0.15) is 0 Å². The molecule has 1 heteroatoms. The molecule has 0 aromatic rings. The number of nitrogens with zero attached hydrogens (tertiary/aromatic N) is 1. The van der Waals surface area contributed by atoms with Crippen LogP contribution in [0.25, 0.3) is 0 Å². The Bertz CT molecular complexity index is 110. The van der Waals surface area contributed by atoms with Crippen LogP contribution >= 0.6 is 0 Å². The summed E-state index contributed by atoms with van der Waals surface area (Å²) in [6.07, 6.45) is 6.74. The van der Waals surface area contributed by atoms with E-state index in [1.54, 1.807) is 0 Å². The van der Waals surface area contributed by atoms with E-state index < -0.39 is 0 Å². The van der Waals surface area contributed by atoms with Crippen LogP contribution in [0.4, 0.5) is 0 Å². The molecular weight excluding hydrogens is 158 g/mol. The average molecular weight is 185 g/mol. The maximum absolute atomic E-state index is 2.38. The average Bonchev–Trinajstić information content (AvgIpc) is 2.11. The smallest absolute Gasteiger partial charge is 0.00891 e. The molecule has 0 aliphatic carbocycles. The minimum atomic E-state index is 0.805. The highest BCUT2D eigenvalue weighted by molar-refractivity contribution is 4.66. The van der Waals surface area contributed by atoms with Gasteiger partial charge in [-0.1, -0.05) is 33.6 Å². The van der Waals surface area contributed by atoms with Crippen LogP contribution < -0.4 is 0 Å². The van der Waals surface area contributed by atoms with Gasteiger partial charge in [-0.3, -0.25) is 0 Å². The van der Waals surface area contributed by atoms with Crippen LogP contribution in [-0.2, 0) is 0 Å². The molecular formula is C12H27N. The van der Waals surface area contributed by atoms with Crippen LogP contribution in [0, 0.1) is 5.92 Å². The van der Waals surface area contributed by atoms with Crippen LogP contribution in [0.2, 0.25) is 0 Å². The number of hydrogen-bond donors (Lipinski definition) is 0. The number of hydrogen-bond acceptors (Lipinski definition) is 1. The molecule has 0 radical (unpaired) electrons. The van der Waals surface area contributed by atoms with Gasteiger partial charge in [-0.25, -0.2) is 0 Å². The molecule has 0 N–H and O–H groups in total. The fraction of sp³-hybridized carbons (Fsp3) is 1.00. The summed E-state index contributed by atoms with van der Waals surface area (Å²) in [6, 6.07) is 0.805. The monoisotopic (exact) mass is 185 g/mol. The molecule has 1 nitrogen and oxygen atoms in total. The SMILES string of the molecule is CCCC(CCC(C)CC)N(C)C. The standard InChI is InChI=1S/C12H27N/c1-6-8-12(13(4)5)10-9-11(3)7-2/h11-12H,6-10H2,1-5H3. The molecule has 13 heavy (non-hydrogen) atoms. The van der Waals surface area contributed by atoms with E-state index in [1.165, 1.54) is 32.1 Å². The van der Waals surface area contributed by atoms with Gasteiger partial charge in [-0.15, -0.1) is 0 Å². The van der Waals surface area contributed by atoms with Crippen molar-refractivity contribution < 1.29 is 0 Å². The highest BCUT2D eigenvalue weighted by Crippen LogP contribution is 2.16. The van der Waals surface area contributed by atoms with Crippen molar-refractivity contribution in [1.82, 2.24) is 4.90 Å². The zero-order valence-electron chi connectivity index (χ0n) is 10.1. The second kappa shape index (κ2) is 7.37. The Morgan fingerprint density at radius 2 is 1.62 bits per heavy atom. The van der Waals surface area contributed by atoms with E-state index in [0.717, 1.165) is 12.0 Å². The van der Waals surface area contributed by atoms with Crippen LogP contribution in [0.1, 0.15) is 52.9 Å². The largest absolute Gasteiger partial charge is 0.306 e. The van der Waals surface area contributed by atoms with Crippen molar-refractivity contribution in [2.45, 2.75) is 58.9 Å². The zero-order chi connectivity index (χ0) is 10.3. The van der Waals surface area contributed by atoms with Crippen molar-refractivity contribution in [3.63, 3.8) is 0 Å². The summed E-state index contributed by atoms with van der Waals surface area (Å²) < 4.78 is 0. The van der Waals surface area contributed by atoms with E-state index in [9.17, 15) is 0 Å².